The molecule has 0 spiro atoms. The Balaban J connectivity index is 4.32. The average Bonchev–Trinajstić information content (AvgIpc) is 3.24. The zero-order valence-corrected chi connectivity index (χ0v) is 40.2. The van der Waals surface area contributed by atoms with E-state index >= 15 is 0 Å². The fourth-order valence-electron chi connectivity index (χ4n) is 7.65. The summed E-state index contributed by atoms with van der Waals surface area (Å²) in [4.78, 5) is 37.9. The van der Waals surface area contributed by atoms with E-state index in [2.05, 4.69) is 45.1 Å². The number of hydrogen-bond acceptors (Lipinski definition) is 6. The van der Waals surface area contributed by atoms with E-state index in [0.29, 0.717) is 19.3 Å². The van der Waals surface area contributed by atoms with Gasteiger partial charge < -0.3 is 14.2 Å². The van der Waals surface area contributed by atoms with Gasteiger partial charge in [-0.25, -0.2) is 0 Å². The van der Waals surface area contributed by atoms with Crippen molar-refractivity contribution < 1.29 is 28.6 Å². The van der Waals surface area contributed by atoms with Crippen molar-refractivity contribution in [2.45, 2.75) is 290 Å². The molecule has 0 N–H and O–H groups in total. The molecule has 0 aromatic rings. The summed E-state index contributed by atoms with van der Waals surface area (Å²) in [5.74, 6) is -0.873. The third-order valence-electron chi connectivity index (χ3n) is 11.7. The Morgan fingerprint density at radius 3 is 0.883 bits per heavy atom. The Labute approximate surface area is 373 Å². The maximum absolute atomic E-state index is 12.8. The molecule has 6 heteroatoms. The molecule has 0 aliphatic carbocycles. The molecule has 0 aromatic heterocycles. The van der Waals surface area contributed by atoms with Gasteiger partial charge in [0.15, 0.2) is 6.10 Å². The zero-order chi connectivity index (χ0) is 43.7. The van der Waals surface area contributed by atoms with E-state index in [1.165, 1.54) is 180 Å². The number of ether oxygens (including phenoxy) is 3. The van der Waals surface area contributed by atoms with Gasteiger partial charge in [-0.3, -0.25) is 14.4 Å². The van der Waals surface area contributed by atoms with Crippen molar-refractivity contribution in [1.82, 2.24) is 0 Å². The average molecular weight is 845 g/mol. The minimum Gasteiger partial charge on any atom is -0.462 e. The van der Waals surface area contributed by atoms with Crippen LogP contribution in [0.15, 0.2) is 24.3 Å². The van der Waals surface area contributed by atoms with Gasteiger partial charge in [0, 0.05) is 19.3 Å². The molecule has 6 nitrogen and oxygen atoms in total. The molecule has 0 aliphatic heterocycles. The van der Waals surface area contributed by atoms with Crippen LogP contribution in [0.3, 0.4) is 0 Å². The Morgan fingerprint density at radius 1 is 0.317 bits per heavy atom. The normalized spacial score (nSPS) is 12.1. The summed E-state index contributed by atoms with van der Waals surface area (Å²) < 4.78 is 16.8. The highest BCUT2D eigenvalue weighted by atomic mass is 16.6. The van der Waals surface area contributed by atoms with Crippen LogP contribution < -0.4 is 0 Å². The highest BCUT2D eigenvalue weighted by molar-refractivity contribution is 5.71. The molecule has 1 atom stereocenters. The summed E-state index contributed by atoms with van der Waals surface area (Å²) in [6, 6.07) is 0. The Morgan fingerprint density at radius 2 is 0.567 bits per heavy atom. The van der Waals surface area contributed by atoms with Gasteiger partial charge in [-0.05, 0) is 64.2 Å². The van der Waals surface area contributed by atoms with Gasteiger partial charge in [-0.15, -0.1) is 0 Å². The molecule has 0 rings (SSSR count). The Kier molecular flexibility index (Phi) is 47.8. The van der Waals surface area contributed by atoms with Crippen LogP contribution in [0, 0.1) is 0 Å². The molecular weight excluding hydrogens is 745 g/mol. The zero-order valence-electron chi connectivity index (χ0n) is 40.2. The quantitative estimate of drug-likeness (QED) is 0.0263. The van der Waals surface area contributed by atoms with Crippen LogP contribution in [0.25, 0.3) is 0 Å². The summed E-state index contributed by atoms with van der Waals surface area (Å²) in [5, 5.41) is 0. The Hall–Kier alpha value is -2.11. The first-order chi connectivity index (χ1) is 29.5. The highest BCUT2D eigenvalue weighted by Crippen LogP contribution is 2.16. The topological polar surface area (TPSA) is 78.9 Å². The van der Waals surface area contributed by atoms with Crippen molar-refractivity contribution in [2.75, 3.05) is 13.2 Å². The maximum Gasteiger partial charge on any atom is 0.306 e. The Bertz CT molecular complexity index is 973. The van der Waals surface area contributed by atoms with E-state index in [-0.39, 0.29) is 31.1 Å². The van der Waals surface area contributed by atoms with Gasteiger partial charge in [0.2, 0.25) is 0 Å². The molecule has 0 heterocycles. The molecule has 0 aliphatic rings. The van der Waals surface area contributed by atoms with Crippen LogP contribution in [0.2, 0.25) is 0 Å². The number of unbranched alkanes of at least 4 members (excludes halogenated alkanes) is 33. The summed E-state index contributed by atoms with van der Waals surface area (Å²) in [6.07, 6.45) is 55.9. The van der Waals surface area contributed by atoms with Crippen molar-refractivity contribution >= 4 is 17.9 Å². The van der Waals surface area contributed by atoms with Crippen LogP contribution in [0.4, 0.5) is 0 Å². The fourth-order valence-corrected chi connectivity index (χ4v) is 7.65. The number of rotatable bonds is 48. The van der Waals surface area contributed by atoms with Gasteiger partial charge in [0.1, 0.15) is 13.2 Å². The number of allylic oxidation sites excluding steroid dienone is 4. The number of carbonyl (C=O) groups is 3. The third-order valence-corrected chi connectivity index (χ3v) is 11.7. The summed E-state index contributed by atoms with van der Waals surface area (Å²) in [7, 11) is 0. The SMILES string of the molecule is CCCC/C=C\CCCCCCCC(=O)OCC(COC(=O)CCCCCCCCC/C=C\CCCCCCCC)OC(=O)CCCCCCCCCCCCCCCC. The van der Waals surface area contributed by atoms with E-state index in [1.54, 1.807) is 0 Å². The van der Waals surface area contributed by atoms with Gasteiger partial charge in [0.05, 0.1) is 0 Å². The lowest BCUT2D eigenvalue weighted by molar-refractivity contribution is -0.167. The first-order valence-electron chi connectivity index (χ1n) is 26.3. The second kappa shape index (κ2) is 49.5. The summed E-state index contributed by atoms with van der Waals surface area (Å²) >= 11 is 0. The van der Waals surface area contributed by atoms with E-state index in [0.717, 1.165) is 64.2 Å². The van der Waals surface area contributed by atoms with Crippen LogP contribution in [0.5, 0.6) is 0 Å². The molecule has 0 saturated carbocycles. The number of esters is 3. The molecule has 0 aromatic carbocycles. The van der Waals surface area contributed by atoms with Crippen molar-refractivity contribution in [3.8, 4) is 0 Å². The molecule has 60 heavy (non-hydrogen) atoms. The molecule has 0 fully saturated rings. The lowest BCUT2D eigenvalue weighted by atomic mass is 10.0. The van der Waals surface area contributed by atoms with Crippen molar-refractivity contribution in [1.29, 1.82) is 0 Å². The molecule has 0 saturated heterocycles. The second-order valence-corrected chi connectivity index (χ2v) is 17.8. The summed E-state index contributed by atoms with van der Waals surface area (Å²) in [6.45, 7) is 6.61. The molecule has 0 amide bonds. The van der Waals surface area contributed by atoms with Gasteiger partial charge in [0.25, 0.3) is 0 Å². The first kappa shape index (κ1) is 57.9. The van der Waals surface area contributed by atoms with E-state index in [9.17, 15) is 14.4 Å². The minimum atomic E-state index is -0.771. The molecule has 1 unspecified atom stereocenters. The smallest absolute Gasteiger partial charge is 0.306 e. The van der Waals surface area contributed by atoms with Crippen LogP contribution >= 0.6 is 0 Å². The lowest BCUT2D eigenvalue weighted by Gasteiger charge is -2.18. The molecule has 0 bridgehead atoms. The largest absolute Gasteiger partial charge is 0.462 e. The fraction of sp³-hybridized carbons (Fsp3) is 0.870. The first-order valence-corrected chi connectivity index (χ1v) is 26.3. The van der Waals surface area contributed by atoms with E-state index in [4.69, 9.17) is 14.2 Å². The number of carbonyl (C=O) groups excluding carboxylic acids is 3. The van der Waals surface area contributed by atoms with E-state index < -0.39 is 6.10 Å². The van der Waals surface area contributed by atoms with Crippen LogP contribution in [-0.4, -0.2) is 37.2 Å². The molecule has 352 valence electrons. The second-order valence-electron chi connectivity index (χ2n) is 17.8. The van der Waals surface area contributed by atoms with Crippen molar-refractivity contribution in [3.63, 3.8) is 0 Å². The van der Waals surface area contributed by atoms with Gasteiger partial charge in [-0.2, -0.15) is 0 Å². The molecule has 0 radical (unpaired) electrons. The predicted molar refractivity (Wildman–Crippen MR) is 256 cm³/mol. The predicted octanol–water partition coefficient (Wildman–Crippen LogP) is 17.2. The minimum absolute atomic E-state index is 0.0725. The third kappa shape index (κ3) is 46.9. The summed E-state index contributed by atoms with van der Waals surface area (Å²) in [5.41, 5.74) is 0. The maximum atomic E-state index is 12.8. The molecular formula is C54H100O6. The van der Waals surface area contributed by atoms with Crippen LogP contribution in [0.1, 0.15) is 284 Å². The number of hydrogen-bond donors (Lipinski definition) is 0. The highest BCUT2D eigenvalue weighted by Gasteiger charge is 2.19. The van der Waals surface area contributed by atoms with Crippen molar-refractivity contribution in [3.05, 3.63) is 24.3 Å². The monoisotopic (exact) mass is 845 g/mol. The van der Waals surface area contributed by atoms with Crippen LogP contribution in [-0.2, 0) is 28.6 Å². The van der Waals surface area contributed by atoms with E-state index in [1.807, 2.05) is 0 Å². The van der Waals surface area contributed by atoms with Gasteiger partial charge in [-0.1, -0.05) is 225 Å². The lowest BCUT2D eigenvalue weighted by Crippen LogP contribution is -2.30. The standard InChI is InChI=1S/C54H100O6/c1-4-7-10-13-16-19-22-24-26-27-28-30-32-35-38-41-44-47-53(56)59-50-51(49-58-52(55)46-43-40-37-34-31-21-18-15-12-9-6-3)60-54(57)48-45-42-39-36-33-29-25-23-20-17-14-11-8-5-2/h15,18,24,26,51H,4-14,16-17,19-23,25,27-50H2,1-3H3/b18-15-,26-24-. The van der Waals surface area contributed by atoms with Gasteiger partial charge >= 0.3 is 17.9 Å². The van der Waals surface area contributed by atoms with Crippen molar-refractivity contribution in [2.24, 2.45) is 0 Å².